The molecule has 0 unspecified atom stereocenters. The minimum absolute atomic E-state index is 0.152. The SMILES string of the molecule is C[C@@H](CO)NC(=O)c1cc(-c2ccc(Cl)cc2)nc(-c2ccc(C#N)nc2)n1. The van der Waals surface area contributed by atoms with Crippen LogP contribution in [0.4, 0.5) is 0 Å². The average Bonchev–Trinajstić information content (AvgIpc) is 2.73. The largest absolute Gasteiger partial charge is 0.394 e. The van der Waals surface area contributed by atoms with Crippen LogP contribution >= 0.6 is 11.6 Å². The van der Waals surface area contributed by atoms with E-state index in [1.54, 1.807) is 49.4 Å². The molecule has 0 bridgehead atoms. The highest BCUT2D eigenvalue weighted by atomic mass is 35.5. The number of nitrogens with zero attached hydrogens (tertiary/aromatic N) is 4. The molecule has 3 rings (SSSR count). The Hall–Kier alpha value is -3.34. The number of amides is 1. The van der Waals surface area contributed by atoms with Crippen molar-refractivity contribution in [1.82, 2.24) is 20.3 Å². The van der Waals surface area contributed by atoms with Gasteiger partial charge in [-0.25, -0.2) is 15.0 Å². The van der Waals surface area contributed by atoms with Gasteiger partial charge in [0.25, 0.3) is 5.91 Å². The van der Waals surface area contributed by atoms with Crippen LogP contribution < -0.4 is 5.32 Å². The molecule has 2 heterocycles. The second kappa shape index (κ2) is 8.57. The lowest BCUT2D eigenvalue weighted by atomic mass is 10.1. The van der Waals surface area contributed by atoms with Crippen LogP contribution in [-0.4, -0.2) is 38.6 Å². The van der Waals surface area contributed by atoms with Gasteiger partial charge in [-0.2, -0.15) is 5.26 Å². The van der Waals surface area contributed by atoms with E-state index >= 15 is 0 Å². The molecule has 3 aromatic rings. The van der Waals surface area contributed by atoms with Crippen molar-refractivity contribution in [1.29, 1.82) is 5.26 Å². The summed E-state index contributed by atoms with van der Waals surface area (Å²) in [5.74, 6) is -0.131. The highest BCUT2D eigenvalue weighted by Crippen LogP contribution is 2.24. The molecule has 1 amide bonds. The Morgan fingerprint density at radius 2 is 1.93 bits per heavy atom. The molecule has 0 fully saturated rings. The van der Waals surface area contributed by atoms with E-state index in [1.807, 2.05) is 6.07 Å². The van der Waals surface area contributed by atoms with E-state index in [9.17, 15) is 9.90 Å². The molecule has 8 heteroatoms. The van der Waals surface area contributed by atoms with Gasteiger partial charge >= 0.3 is 0 Å². The number of hydrogen-bond acceptors (Lipinski definition) is 6. The van der Waals surface area contributed by atoms with E-state index < -0.39 is 11.9 Å². The van der Waals surface area contributed by atoms with Crippen LogP contribution in [0.25, 0.3) is 22.6 Å². The van der Waals surface area contributed by atoms with E-state index in [2.05, 4.69) is 20.3 Å². The lowest BCUT2D eigenvalue weighted by molar-refractivity contribution is 0.0917. The summed E-state index contributed by atoms with van der Waals surface area (Å²) in [6.45, 7) is 1.50. The molecular weight excluding hydrogens is 378 g/mol. The predicted octanol–water partition coefficient (Wildman–Crippen LogP) is 2.84. The number of hydrogen-bond donors (Lipinski definition) is 2. The third kappa shape index (κ3) is 4.49. The molecule has 28 heavy (non-hydrogen) atoms. The van der Waals surface area contributed by atoms with Gasteiger partial charge in [0.1, 0.15) is 17.5 Å². The Balaban J connectivity index is 2.08. The predicted molar refractivity (Wildman–Crippen MR) is 104 cm³/mol. The number of aromatic nitrogens is 3. The third-order valence-electron chi connectivity index (χ3n) is 3.89. The normalized spacial score (nSPS) is 11.5. The fraction of sp³-hybridized carbons (Fsp3) is 0.150. The molecule has 7 nitrogen and oxygen atoms in total. The number of rotatable bonds is 5. The second-order valence-corrected chi connectivity index (χ2v) is 6.51. The number of aliphatic hydroxyl groups excluding tert-OH is 1. The molecule has 0 spiro atoms. The zero-order chi connectivity index (χ0) is 20.1. The molecule has 140 valence electrons. The summed E-state index contributed by atoms with van der Waals surface area (Å²) < 4.78 is 0. The lowest BCUT2D eigenvalue weighted by Gasteiger charge is -2.12. The first-order chi connectivity index (χ1) is 13.5. The summed E-state index contributed by atoms with van der Waals surface area (Å²) in [6, 6.07) is 13.4. The van der Waals surface area contributed by atoms with Crippen molar-refractivity contribution in [3.05, 3.63) is 65.1 Å². The molecule has 0 radical (unpaired) electrons. The highest BCUT2D eigenvalue weighted by Gasteiger charge is 2.16. The van der Waals surface area contributed by atoms with Gasteiger partial charge < -0.3 is 10.4 Å². The Bertz CT molecular complexity index is 1030. The van der Waals surface area contributed by atoms with E-state index in [4.69, 9.17) is 16.9 Å². The molecule has 0 aliphatic carbocycles. The van der Waals surface area contributed by atoms with Gasteiger partial charge in [0.2, 0.25) is 0 Å². The summed E-state index contributed by atoms with van der Waals surface area (Å²) in [7, 11) is 0. The maximum Gasteiger partial charge on any atom is 0.270 e. The fourth-order valence-electron chi connectivity index (χ4n) is 2.40. The molecule has 1 atom stereocenters. The number of halogens is 1. The van der Waals surface area contributed by atoms with Crippen molar-refractivity contribution in [3.63, 3.8) is 0 Å². The minimum Gasteiger partial charge on any atom is -0.394 e. The Labute approximate surface area is 166 Å². The number of benzene rings is 1. The fourth-order valence-corrected chi connectivity index (χ4v) is 2.52. The Kier molecular flexibility index (Phi) is 5.94. The summed E-state index contributed by atoms with van der Waals surface area (Å²) in [4.78, 5) is 25.4. The number of pyridine rings is 1. The zero-order valence-electron chi connectivity index (χ0n) is 14.9. The van der Waals surface area contributed by atoms with Gasteiger partial charge in [-0.3, -0.25) is 4.79 Å². The molecular formula is C20H16ClN5O2. The van der Waals surface area contributed by atoms with Gasteiger partial charge in [0.05, 0.1) is 12.3 Å². The number of aliphatic hydroxyl groups is 1. The number of nitrogens with one attached hydrogen (secondary N) is 1. The van der Waals surface area contributed by atoms with Gasteiger partial charge in [0, 0.05) is 28.4 Å². The topological polar surface area (TPSA) is 112 Å². The first kappa shape index (κ1) is 19.4. The molecule has 0 saturated heterocycles. The monoisotopic (exact) mass is 393 g/mol. The van der Waals surface area contributed by atoms with Crippen molar-refractivity contribution < 1.29 is 9.90 Å². The molecule has 0 aliphatic heterocycles. The van der Waals surface area contributed by atoms with E-state index in [-0.39, 0.29) is 18.0 Å². The van der Waals surface area contributed by atoms with Crippen molar-refractivity contribution in [2.75, 3.05) is 6.61 Å². The Morgan fingerprint density at radius 3 is 2.54 bits per heavy atom. The van der Waals surface area contributed by atoms with E-state index in [1.165, 1.54) is 6.20 Å². The standard InChI is InChI=1S/C20H16ClN5O2/c1-12(11-27)24-20(28)18-8-17(13-2-5-15(21)6-3-13)25-19(26-18)14-4-7-16(9-22)23-10-14/h2-8,10,12,27H,11H2,1H3,(H,24,28)/t12-/m0/s1. The number of nitriles is 1. The molecule has 2 aromatic heterocycles. The van der Waals surface area contributed by atoms with E-state index in [0.29, 0.717) is 22.1 Å². The van der Waals surface area contributed by atoms with E-state index in [0.717, 1.165) is 5.56 Å². The highest BCUT2D eigenvalue weighted by molar-refractivity contribution is 6.30. The molecule has 0 saturated carbocycles. The van der Waals surface area contributed by atoms with Gasteiger partial charge in [-0.1, -0.05) is 23.7 Å². The first-order valence-corrected chi connectivity index (χ1v) is 8.81. The molecule has 1 aromatic carbocycles. The van der Waals surface area contributed by atoms with Crippen LogP contribution in [0.1, 0.15) is 23.1 Å². The summed E-state index contributed by atoms with van der Waals surface area (Å²) in [6.07, 6.45) is 1.48. The molecule has 0 aliphatic rings. The van der Waals surface area contributed by atoms with Gasteiger partial charge in [-0.15, -0.1) is 0 Å². The van der Waals surface area contributed by atoms with Gasteiger partial charge in [0.15, 0.2) is 5.82 Å². The van der Waals surface area contributed by atoms with Gasteiger partial charge in [-0.05, 0) is 37.3 Å². The summed E-state index contributed by atoms with van der Waals surface area (Å²) in [5, 5.41) is 21.3. The lowest BCUT2D eigenvalue weighted by Crippen LogP contribution is -2.35. The summed E-state index contributed by atoms with van der Waals surface area (Å²) >= 11 is 5.95. The Morgan fingerprint density at radius 1 is 1.21 bits per heavy atom. The van der Waals surface area contributed by atoms with Crippen molar-refractivity contribution >= 4 is 17.5 Å². The average molecular weight is 394 g/mol. The maximum absolute atomic E-state index is 12.5. The van der Waals surface area contributed by atoms with Crippen LogP contribution in [-0.2, 0) is 0 Å². The maximum atomic E-state index is 12.5. The van der Waals surface area contributed by atoms with Crippen molar-refractivity contribution in [2.45, 2.75) is 13.0 Å². The quantitative estimate of drug-likeness (QED) is 0.689. The van der Waals surface area contributed by atoms with Crippen molar-refractivity contribution in [3.8, 4) is 28.7 Å². The summed E-state index contributed by atoms with van der Waals surface area (Å²) in [5.41, 5.74) is 2.29. The smallest absolute Gasteiger partial charge is 0.270 e. The molecule has 2 N–H and O–H groups in total. The zero-order valence-corrected chi connectivity index (χ0v) is 15.7. The van der Waals surface area contributed by atoms with Crippen LogP contribution in [0.3, 0.4) is 0 Å². The van der Waals surface area contributed by atoms with Crippen LogP contribution in [0.5, 0.6) is 0 Å². The minimum atomic E-state index is -0.429. The second-order valence-electron chi connectivity index (χ2n) is 6.07. The first-order valence-electron chi connectivity index (χ1n) is 8.43. The van der Waals surface area contributed by atoms with Crippen LogP contribution in [0, 0.1) is 11.3 Å². The van der Waals surface area contributed by atoms with Crippen molar-refractivity contribution in [2.24, 2.45) is 0 Å². The number of carbonyl (C=O) groups is 1. The third-order valence-corrected chi connectivity index (χ3v) is 4.14. The number of carbonyl (C=O) groups excluding carboxylic acids is 1. The van der Waals surface area contributed by atoms with Crippen LogP contribution in [0.15, 0.2) is 48.7 Å². The van der Waals surface area contributed by atoms with Crippen LogP contribution in [0.2, 0.25) is 5.02 Å².